The largest absolute Gasteiger partial charge is 0.507 e. The molecule has 0 unspecified atom stereocenters. The van der Waals surface area contributed by atoms with Crippen LogP contribution in [-0.4, -0.2) is 34.7 Å². The fourth-order valence-corrected chi connectivity index (χ4v) is 3.74. The number of carbonyl (C=O) groups is 2. The first-order valence-electron chi connectivity index (χ1n) is 9.28. The number of amides is 1. The summed E-state index contributed by atoms with van der Waals surface area (Å²) in [5.41, 5.74) is -0.168. The maximum Gasteiger partial charge on any atom is 0.342 e. The van der Waals surface area contributed by atoms with E-state index in [9.17, 15) is 19.8 Å². The molecule has 2 aromatic rings. The van der Waals surface area contributed by atoms with Gasteiger partial charge in [-0.1, -0.05) is 51.0 Å². The van der Waals surface area contributed by atoms with Crippen LogP contribution in [0.25, 0.3) is 10.8 Å². The molecule has 0 saturated heterocycles. The fraction of sp³-hybridized carbons (Fsp3) is 0.429. The molecule has 144 valence electrons. The van der Waals surface area contributed by atoms with Crippen molar-refractivity contribution in [2.24, 2.45) is 11.8 Å². The van der Waals surface area contributed by atoms with Crippen LogP contribution < -0.4 is 5.32 Å². The van der Waals surface area contributed by atoms with Gasteiger partial charge >= 0.3 is 5.97 Å². The molecule has 27 heavy (non-hydrogen) atoms. The first-order valence-corrected chi connectivity index (χ1v) is 9.28. The number of rotatable bonds is 4. The topological polar surface area (TPSA) is 95.9 Å². The molecule has 0 bridgehead atoms. The van der Waals surface area contributed by atoms with Gasteiger partial charge in [-0.15, -0.1) is 0 Å². The Morgan fingerprint density at radius 3 is 2.59 bits per heavy atom. The Morgan fingerprint density at radius 2 is 1.85 bits per heavy atom. The lowest BCUT2D eigenvalue weighted by atomic mass is 9.78. The molecule has 0 heterocycles. The van der Waals surface area contributed by atoms with Gasteiger partial charge in [-0.05, 0) is 24.3 Å². The van der Waals surface area contributed by atoms with Crippen LogP contribution in [-0.2, 0) is 9.53 Å². The summed E-state index contributed by atoms with van der Waals surface area (Å²) in [6.07, 6.45) is 3.15. The molecule has 1 aliphatic carbocycles. The second kappa shape index (κ2) is 7.86. The molecule has 1 aliphatic rings. The summed E-state index contributed by atoms with van der Waals surface area (Å²) in [4.78, 5) is 24.5. The normalized spacial score (nSPS) is 22.4. The maximum atomic E-state index is 12.3. The van der Waals surface area contributed by atoms with Crippen molar-refractivity contribution in [1.82, 2.24) is 5.32 Å². The van der Waals surface area contributed by atoms with Crippen LogP contribution in [0.3, 0.4) is 0 Å². The van der Waals surface area contributed by atoms with Crippen LogP contribution in [0.2, 0.25) is 0 Å². The summed E-state index contributed by atoms with van der Waals surface area (Å²) in [7, 11) is 0. The van der Waals surface area contributed by atoms with Crippen LogP contribution in [0, 0.1) is 11.8 Å². The standard InChI is InChI=1S/C21H25NO5/c1-12-6-5-9-17(13(12)2)22-19(24)11-27-21(26)16-10-18(23)14-7-3-4-8-15(14)20(16)25/h3-4,7-8,10,12-13,17,23,25H,5-6,9,11H2,1-2H3,(H,22,24)/t12-,13-,17-/m1/s1. The molecule has 3 atom stereocenters. The first-order chi connectivity index (χ1) is 12.9. The van der Waals surface area contributed by atoms with E-state index in [1.165, 1.54) is 0 Å². The van der Waals surface area contributed by atoms with Crippen molar-refractivity contribution >= 4 is 22.6 Å². The van der Waals surface area contributed by atoms with E-state index in [1.54, 1.807) is 24.3 Å². The van der Waals surface area contributed by atoms with Gasteiger partial charge in [0.2, 0.25) is 0 Å². The summed E-state index contributed by atoms with van der Waals surface area (Å²) >= 11 is 0. The Morgan fingerprint density at radius 1 is 1.15 bits per heavy atom. The Bertz CT molecular complexity index is 863. The molecule has 1 saturated carbocycles. The van der Waals surface area contributed by atoms with E-state index in [2.05, 4.69) is 19.2 Å². The molecule has 2 aromatic carbocycles. The van der Waals surface area contributed by atoms with Gasteiger partial charge in [0.15, 0.2) is 6.61 Å². The van der Waals surface area contributed by atoms with Crippen LogP contribution in [0.5, 0.6) is 11.5 Å². The van der Waals surface area contributed by atoms with Crippen molar-refractivity contribution < 1.29 is 24.5 Å². The van der Waals surface area contributed by atoms with Crippen LogP contribution >= 0.6 is 0 Å². The number of carbonyl (C=O) groups excluding carboxylic acids is 2. The highest BCUT2D eigenvalue weighted by Crippen LogP contribution is 2.35. The van der Waals surface area contributed by atoms with Crippen molar-refractivity contribution in [2.75, 3.05) is 6.61 Å². The SMILES string of the molecule is C[C@@H]1[C@H](C)CCC[C@H]1NC(=O)COC(=O)c1cc(O)c2ccccc2c1O. The number of aromatic hydroxyl groups is 2. The quantitative estimate of drug-likeness (QED) is 0.566. The Balaban J connectivity index is 1.65. The molecule has 0 radical (unpaired) electrons. The molecule has 6 heteroatoms. The number of fused-ring (bicyclic) bond motifs is 1. The summed E-state index contributed by atoms with van der Waals surface area (Å²) < 4.78 is 5.06. The second-order valence-electron chi connectivity index (χ2n) is 7.35. The zero-order chi connectivity index (χ0) is 19.6. The minimum absolute atomic E-state index is 0.0815. The van der Waals surface area contributed by atoms with E-state index in [0.717, 1.165) is 25.3 Å². The Hall–Kier alpha value is -2.76. The predicted molar refractivity (Wildman–Crippen MR) is 102 cm³/mol. The molecule has 0 aliphatic heterocycles. The van der Waals surface area contributed by atoms with Gasteiger partial charge in [-0.3, -0.25) is 4.79 Å². The zero-order valence-corrected chi connectivity index (χ0v) is 15.6. The first kappa shape index (κ1) is 19.0. The van der Waals surface area contributed by atoms with Crippen molar-refractivity contribution in [3.63, 3.8) is 0 Å². The van der Waals surface area contributed by atoms with Crippen LogP contribution in [0.4, 0.5) is 0 Å². The molecule has 0 spiro atoms. The molecule has 1 fully saturated rings. The predicted octanol–water partition coefficient (Wildman–Crippen LogP) is 3.35. The highest BCUT2D eigenvalue weighted by molar-refractivity contribution is 6.04. The molecule has 3 N–H and O–H groups in total. The van der Waals surface area contributed by atoms with Crippen LogP contribution in [0.15, 0.2) is 30.3 Å². The third kappa shape index (κ3) is 3.99. The average Bonchev–Trinajstić information content (AvgIpc) is 2.66. The third-order valence-electron chi connectivity index (χ3n) is 5.60. The number of ether oxygens (including phenoxy) is 1. The van der Waals surface area contributed by atoms with E-state index in [0.29, 0.717) is 22.6 Å². The van der Waals surface area contributed by atoms with E-state index in [-0.39, 0.29) is 29.0 Å². The number of phenols is 2. The summed E-state index contributed by atoms with van der Waals surface area (Å²) in [5.74, 6) is -0.704. The summed E-state index contributed by atoms with van der Waals surface area (Å²) in [6.45, 7) is 3.87. The van der Waals surface area contributed by atoms with Gasteiger partial charge in [-0.25, -0.2) is 4.79 Å². The Kier molecular flexibility index (Phi) is 5.54. The zero-order valence-electron chi connectivity index (χ0n) is 15.6. The number of hydrogen-bond donors (Lipinski definition) is 3. The summed E-state index contributed by atoms with van der Waals surface area (Å²) in [5, 5.41) is 24.1. The molecule has 0 aromatic heterocycles. The lowest BCUT2D eigenvalue weighted by Gasteiger charge is -2.34. The van der Waals surface area contributed by atoms with Gasteiger partial charge < -0.3 is 20.3 Å². The van der Waals surface area contributed by atoms with Crippen molar-refractivity contribution in [2.45, 2.75) is 39.2 Å². The Labute approximate surface area is 158 Å². The maximum absolute atomic E-state index is 12.3. The number of esters is 1. The third-order valence-corrected chi connectivity index (χ3v) is 5.60. The minimum atomic E-state index is -0.853. The summed E-state index contributed by atoms with van der Waals surface area (Å²) in [6, 6.07) is 7.88. The highest BCUT2D eigenvalue weighted by atomic mass is 16.5. The number of phenolic OH excluding ortho intramolecular Hbond substituents is 2. The number of benzene rings is 2. The van der Waals surface area contributed by atoms with Gasteiger partial charge in [0.25, 0.3) is 5.91 Å². The molecule has 6 nitrogen and oxygen atoms in total. The lowest BCUT2D eigenvalue weighted by Crippen LogP contribution is -2.45. The highest BCUT2D eigenvalue weighted by Gasteiger charge is 2.28. The van der Waals surface area contributed by atoms with Crippen LogP contribution in [0.1, 0.15) is 43.5 Å². The van der Waals surface area contributed by atoms with Gasteiger partial charge in [0.1, 0.15) is 17.1 Å². The molecule has 1 amide bonds. The van der Waals surface area contributed by atoms with Crippen molar-refractivity contribution in [3.8, 4) is 11.5 Å². The minimum Gasteiger partial charge on any atom is -0.507 e. The monoisotopic (exact) mass is 371 g/mol. The van der Waals surface area contributed by atoms with E-state index >= 15 is 0 Å². The second-order valence-corrected chi connectivity index (χ2v) is 7.35. The van der Waals surface area contributed by atoms with E-state index in [4.69, 9.17) is 4.74 Å². The van der Waals surface area contributed by atoms with Gasteiger partial charge in [0.05, 0.1) is 0 Å². The van der Waals surface area contributed by atoms with E-state index in [1.807, 2.05) is 0 Å². The molecular weight excluding hydrogens is 346 g/mol. The van der Waals surface area contributed by atoms with E-state index < -0.39 is 12.6 Å². The molecular formula is C21H25NO5. The average molecular weight is 371 g/mol. The smallest absolute Gasteiger partial charge is 0.342 e. The molecule has 3 rings (SSSR count). The van der Waals surface area contributed by atoms with Crippen molar-refractivity contribution in [1.29, 1.82) is 0 Å². The number of nitrogens with one attached hydrogen (secondary N) is 1. The van der Waals surface area contributed by atoms with Gasteiger partial charge in [-0.2, -0.15) is 0 Å². The van der Waals surface area contributed by atoms with Crippen molar-refractivity contribution in [3.05, 3.63) is 35.9 Å². The number of hydrogen-bond acceptors (Lipinski definition) is 5. The van der Waals surface area contributed by atoms with Gasteiger partial charge in [0, 0.05) is 16.8 Å². The lowest BCUT2D eigenvalue weighted by molar-refractivity contribution is -0.125. The fourth-order valence-electron chi connectivity index (χ4n) is 3.74.